The quantitative estimate of drug-likeness (QED) is 0.330. The summed E-state index contributed by atoms with van der Waals surface area (Å²) in [5, 5.41) is 0. The van der Waals surface area contributed by atoms with Crippen molar-refractivity contribution in [2.45, 2.75) is 96.7 Å². The van der Waals surface area contributed by atoms with Crippen LogP contribution in [0.25, 0.3) is 0 Å². The normalized spacial score (nSPS) is 47.7. The lowest BCUT2D eigenvalue weighted by Crippen LogP contribution is -2.72. The maximum absolute atomic E-state index is 14.4. The first-order chi connectivity index (χ1) is 17.2. The molecule has 6 rings (SSSR count). The van der Waals surface area contributed by atoms with E-state index in [-0.39, 0.29) is 30.5 Å². The molecule has 1 spiro atoms. The van der Waals surface area contributed by atoms with Gasteiger partial charge in [0.05, 0.1) is 24.4 Å². The van der Waals surface area contributed by atoms with E-state index in [1.54, 1.807) is 12.3 Å². The summed E-state index contributed by atoms with van der Waals surface area (Å²) in [6, 6.07) is 1.78. The third-order valence-electron chi connectivity index (χ3n) is 10.8. The molecule has 9 nitrogen and oxygen atoms in total. The van der Waals surface area contributed by atoms with Crippen molar-refractivity contribution in [1.29, 1.82) is 0 Å². The Morgan fingerprint density at radius 3 is 2.41 bits per heavy atom. The monoisotopic (exact) mass is 514 g/mol. The molecule has 5 fully saturated rings. The third kappa shape index (κ3) is 2.79. The molecule has 0 radical (unpaired) electrons. The smallest absolute Gasteiger partial charge is 0.339 e. The Labute approximate surface area is 215 Å². The molecule has 0 N–H and O–H groups in total. The van der Waals surface area contributed by atoms with Crippen LogP contribution in [0.15, 0.2) is 23.0 Å². The van der Waals surface area contributed by atoms with Gasteiger partial charge in [-0.3, -0.25) is 14.4 Å². The van der Waals surface area contributed by atoms with Gasteiger partial charge in [-0.25, -0.2) is 4.79 Å². The van der Waals surface area contributed by atoms with Crippen molar-refractivity contribution in [1.82, 2.24) is 0 Å². The minimum absolute atomic E-state index is 0.0263. The largest absolute Gasteiger partial charge is 0.472 e. The van der Waals surface area contributed by atoms with Gasteiger partial charge < -0.3 is 23.4 Å². The molecule has 3 saturated heterocycles. The Morgan fingerprint density at radius 1 is 1.03 bits per heavy atom. The SMILES string of the molecule is CC(=O)O[C@@H]1CC(=O)OC(C)(C)[C@@H]2CC(=O)[C@]3(C)[C@H](CC[C@]4(C)[C@H](c5ccoc5)OC(=O)[C@@H]5O[C@@]543)[C@@]12C. The topological polar surface area (TPSA) is 122 Å². The van der Waals surface area contributed by atoms with Gasteiger partial charge in [-0.1, -0.05) is 13.8 Å². The van der Waals surface area contributed by atoms with Crippen molar-refractivity contribution in [3.8, 4) is 0 Å². The zero-order valence-corrected chi connectivity index (χ0v) is 22.1. The number of esters is 3. The molecule has 37 heavy (non-hydrogen) atoms. The fraction of sp³-hybridized carbons (Fsp3) is 0.714. The Kier molecular flexibility index (Phi) is 4.82. The number of hydrogen-bond acceptors (Lipinski definition) is 9. The van der Waals surface area contributed by atoms with Gasteiger partial charge in [0.25, 0.3) is 0 Å². The van der Waals surface area contributed by atoms with E-state index in [1.807, 2.05) is 34.6 Å². The molecule has 0 bridgehead atoms. The third-order valence-corrected chi connectivity index (χ3v) is 10.8. The Bertz CT molecular complexity index is 1200. The van der Waals surface area contributed by atoms with Crippen LogP contribution in [-0.2, 0) is 38.1 Å². The highest BCUT2D eigenvalue weighted by Crippen LogP contribution is 2.78. The van der Waals surface area contributed by atoms with Crippen LogP contribution in [0.1, 0.15) is 78.9 Å². The number of Topliss-reactive ketones (excluding diaryl/α,β-unsaturated/α-hetero) is 1. The maximum Gasteiger partial charge on any atom is 0.339 e. The van der Waals surface area contributed by atoms with Crippen LogP contribution in [0.4, 0.5) is 0 Å². The van der Waals surface area contributed by atoms with E-state index in [4.69, 9.17) is 23.4 Å². The van der Waals surface area contributed by atoms with Gasteiger partial charge in [-0.2, -0.15) is 0 Å². The van der Waals surface area contributed by atoms with Gasteiger partial charge in [-0.05, 0) is 45.6 Å². The van der Waals surface area contributed by atoms with Crippen molar-refractivity contribution in [2.75, 3.05) is 0 Å². The number of furan rings is 1. The van der Waals surface area contributed by atoms with Gasteiger partial charge >= 0.3 is 17.9 Å². The van der Waals surface area contributed by atoms with Crippen molar-refractivity contribution >= 4 is 23.7 Å². The molecule has 0 amide bonds. The van der Waals surface area contributed by atoms with Crippen LogP contribution in [0.2, 0.25) is 0 Å². The average molecular weight is 515 g/mol. The van der Waals surface area contributed by atoms with E-state index in [1.165, 1.54) is 13.2 Å². The molecule has 2 saturated carbocycles. The predicted octanol–water partition coefficient (Wildman–Crippen LogP) is 3.69. The average Bonchev–Trinajstić information content (AvgIpc) is 3.38. The van der Waals surface area contributed by atoms with E-state index >= 15 is 0 Å². The lowest BCUT2D eigenvalue weighted by molar-refractivity contribution is -0.234. The molecular weight excluding hydrogens is 480 g/mol. The van der Waals surface area contributed by atoms with E-state index in [9.17, 15) is 19.2 Å². The standard InChI is InChI=1S/C28H34O9/c1-14(29)34-19-12-20(31)36-24(2,3)17-11-18(30)27(6)16(26(17,19)5)7-9-25(4)21(15-8-10-33-13-15)35-23(32)22-28(25,27)37-22/h8,10,13,16-17,19,21-22H,7,9,11-12H2,1-6H3/t16-,17+,19-,21+,22+,25-,26-,27+,28+/m1/s1. The summed E-state index contributed by atoms with van der Waals surface area (Å²) in [5.74, 6) is -2.18. The van der Waals surface area contributed by atoms with Crippen LogP contribution in [-0.4, -0.2) is 47.1 Å². The Hall–Kier alpha value is -2.68. The first-order valence-electron chi connectivity index (χ1n) is 13.1. The number of carbonyl (C=O) groups excluding carboxylic acids is 4. The number of ketones is 1. The van der Waals surface area contributed by atoms with Gasteiger partial charge in [0.1, 0.15) is 29.2 Å². The summed E-state index contributed by atoms with van der Waals surface area (Å²) >= 11 is 0. The number of carbonyl (C=O) groups is 4. The molecule has 1 aromatic heterocycles. The number of cyclic esters (lactones) is 2. The predicted molar refractivity (Wildman–Crippen MR) is 126 cm³/mol. The Balaban J connectivity index is 1.54. The minimum Gasteiger partial charge on any atom is -0.472 e. The van der Waals surface area contributed by atoms with E-state index < -0.39 is 63.7 Å². The summed E-state index contributed by atoms with van der Waals surface area (Å²) in [7, 11) is 0. The number of ether oxygens (including phenoxy) is 4. The number of epoxide rings is 1. The van der Waals surface area contributed by atoms with Crippen LogP contribution in [0.3, 0.4) is 0 Å². The second-order valence-corrected chi connectivity index (χ2v) is 12.7. The molecule has 9 heteroatoms. The zero-order valence-electron chi connectivity index (χ0n) is 22.1. The fourth-order valence-electron chi connectivity index (χ4n) is 9.24. The van der Waals surface area contributed by atoms with E-state index in [0.29, 0.717) is 12.8 Å². The molecule has 0 aromatic carbocycles. The summed E-state index contributed by atoms with van der Waals surface area (Å²) in [6.45, 7) is 11.0. The highest BCUT2D eigenvalue weighted by molar-refractivity contribution is 5.93. The molecule has 1 aromatic rings. The molecule has 200 valence electrons. The van der Waals surface area contributed by atoms with Crippen LogP contribution < -0.4 is 0 Å². The van der Waals surface area contributed by atoms with Crippen LogP contribution >= 0.6 is 0 Å². The zero-order chi connectivity index (χ0) is 26.8. The summed E-state index contributed by atoms with van der Waals surface area (Å²) in [6.07, 6.45) is 2.06. The highest BCUT2D eigenvalue weighted by atomic mass is 16.7. The summed E-state index contributed by atoms with van der Waals surface area (Å²) in [5.41, 5.74) is -3.88. The van der Waals surface area contributed by atoms with Crippen molar-refractivity contribution < 1.29 is 42.5 Å². The lowest BCUT2D eigenvalue weighted by Gasteiger charge is -2.66. The van der Waals surface area contributed by atoms with Gasteiger partial charge in [-0.15, -0.1) is 0 Å². The maximum atomic E-state index is 14.4. The highest BCUT2D eigenvalue weighted by Gasteiger charge is 2.88. The summed E-state index contributed by atoms with van der Waals surface area (Å²) in [4.78, 5) is 52.7. The van der Waals surface area contributed by atoms with E-state index in [0.717, 1.165) is 5.56 Å². The van der Waals surface area contributed by atoms with Crippen LogP contribution in [0, 0.1) is 28.1 Å². The summed E-state index contributed by atoms with van der Waals surface area (Å²) < 4.78 is 29.3. The molecular formula is C28H34O9. The van der Waals surface area contributed by atoms with Gasteiger partial charge in [0.2, 0.25) is 0 Å². The molecule has 2 aliphatic carbocycles. The number of hydrogen-bond donors (Lipinski definition) is 0. The molecule has 4 heterocycles. The second kappa shape index (κ2) is 7.24. The van der Waals surface area contributed by atoms with Crippen molar-refractivity contribution in [3.05, 3.63) is 24.2 Å². The van der Waals surface area contributed by atoms with Gasteiger partial charge in [0, 0.05) is 35.7 Å². The van der Waals surface area contributed by atoms with Crippen LogP contribution in [0.5, 0.6) is 0 Å². The van der Waals surface area contributed by atoms with Gasteiger partial charge in [0.15, 0.2) is 6.10 Å². The molecule has 5 aliphatic rings. The minimum atomic E-state index is -1.09. The Morgan fingerprint density at radius 2 is 1.76 bits per heavy atom. The molecule has 9 atom stereocenters. The number of fused-ring (bicyclic) bond motifs is 3. The molecule has 0 unspecified atom stereocenters. The van der Waals surface area contributed by atoms with E-state index in [2.05, 4.69) is 0 Å². The fourth-order valence-corrected chi connectivity index (χ4v) is 9.24. The van der Waals surface area contributed by atoms with Crippen molar-refractivity contribution in [2.24, 2.45) is 28.1 Å². The second-order valence-electron chi connectivity index (χ2n) is 12.7. The lowest BCUT2D eigenvalue weighted by atomic mass is 9.37. The molecule has 3 aliphatic heterocycles. The number of rotatable bonds is 2. The first kappa shape index (κ1) is 24.6. The van der Waals surface area contributed by atoms with Crippen molar-refractivity contribution in [3.63, 3.8) is 0 Å². The first-order valence-corrected chi connectivity index (χ1v) is 13.1.